The van der Waals surface area contributed by atoms with Crippen LogP contribution in [0, 0.1) is 23.0 Å². The number of anilines is 1. The number of imidazole rings is 1. The van der Waals surface area contributed by atoms with E-state index in [0.717, 1.165) is 22.0 Å². The summed E-state index contributed by atoms with van der Waals surface area (Å²) in [6, 6.07) is 12.5. The van der Waals surface area contributed by atoms with Gasteiger partial charge >= 0.3 is 5.69 Å². The lowest BCUT2D eigenvalue weighted by atomic mass is 10.0. The van der Waals surface area contributed by atoms with Crippen molar-refractivity contribution in [3.8, 4) is 5.75 Å². The molecule has 0 radical (unpaired) electrons. The zero-order valence-corrected chi connectivity index (χ0v) is 17.1. The molecule has 2 heterocycles. The fraction of sp³-hybridized carbons (Fsp3) is 0.273. The number of nitro benzene ring substituents is 1. The van der Waals surface area contributed by atoms with Crippen molar-refractivity contribution in [2.24, 2.45) is 5.92 Å². The number of nitrogens with zero attached hydrogens (tertiary/aromatic N) is 4. The van der Waals surface area contributed by atoms with Crippen LogP contribution < -0.4 is 10.5 Å². The monoisotopic (exact) mass is 405 g/mol. The van der Waals surface area contributed by atoms with E-state index in [2.05, 4.69) is 23.8 Å². The average Bonchev–Trinajstić information content (AvgIpc) is 3.13. The van der Waals surface area contributed by atoms with Gasteiger partial charge in [0.15, 0.2) is 11.6 Å². The minimum absolute atomic E-state index is 0.0440. The topological polar surface area (TPSA) is 109 Å². The fourth-order valence-corrected chi connectivity index (χ4v) is 3.68. The van der Waals surface area contributed by atoms with Crippen LogP contribution in [0.5, 0.6) is 5.75 Å². The van der Waals surface area contributed by atoms with Gasteiger partial charge in [-0.25, -0.2) is 9.97 Å². The van der Waals surface area contributed by atoms with Crippen molar-refractivity contribution in [1.29, 1.82) is 0 Å². The van der Waals surface area contributed by atoms with Crippen LogP contribution in [0.1, 0.15) is 25.5 Å². The van der Waals surface area contributed by atoms with E-state index in [1.54, 1.807) is 18.5 Å². The molecule has 30 heavy (non-hydrogen) atoms. The van der Waals surface area contributed by atoms with Crippen LogP contribution in [0.15, 0.2) is 48.8 Å². The maximum Gasteiger partial charge on any atom is 0.310 e. The number of fused-ring (bicyclic) bond motifs is 3. The van der Waals surface area contributed by atoms with Gasteiger partial charge in [-0.2, -0.15) is 0 Å². The Morgan fingerprint density at radius 2 is 2.00 bits per heavy atom. The highest BCUT2D eigenvalue weighted by atomic mass is 16.6. The predicted octanol–water partition coefficient (Wildman–Crippen LogP) is 4.66. The average molecular weight is 405 g/mol. The molecular formula is C22H23N5O3. The Hall–Kier alpha value is -3.68. The molecule has 4 rings (SSSR count). The molecule has 0 saturated heterocycles. The third kappa shape index (κ3) is 3.41. The number of aryl methyl sites for hydroxylation is 1. The number of ether oxygens (including phenoxy) is 1. The van der Waals surface area contributed by atoms with E-state index in [-0.39, 0.29) is 30.0 Å². The summed E-state index contributed by atoms with van der Waals surface area (Å²) >= 11 is 0. The smallest absolute Gasteiger partial charge is 0.310 e. The molecule has 0 amide bonds. The first-order valence-corrected chi connectivity index (χ1v) is 9.75. The predicted molar refractivity (Wildman–Crippen MR) is 117 cm³/mol. The second kappa shape index (κ2) is 7.62. The van der Waals surface area contributed by atoms with Crippen molar-refractivity contribution in [2.45, 2.75) is 26.8 Å². The van der Waals surface area contributed by atoms with Crippen molar-refractivity contribution in [3.63, 3.8) is 0 Å². The van der Waals surface area contributed by atoms with E-state index in [9.17, 15) is 10.1 Å². The van der Waals surface area contributed by atoms with E-state index < -0.39 is 4.92 Å². The summed E-state index contributed by atoms with van der Waals surface area (Å²) in [7, 11) is 0. The van der Waals surface area contributed by atoms with Crippen LogP contribution in [0.3, 0.4) is 0 Å². The summed E-state index contributed by atoms with van der Waals surface area (Å²) in [4.78, 5) is 19.9. The molecule has 0 saturated carbocycles. The van der Waals surface area contributed by atoms with Crippen LogP contribution >= 0.6 is 0 Å². The van der Waals surface area contributed by atoms with Gasteiger partial charge in [-0.15, -0.1) is 0 Å². The van der Waals surface area contributed by atoms with Gasteiger partial charge in [0.1, 0.15) is 12.1 Å². The lowest BCUT2D eigenvalue weighted by Gasteiger charge is -2.24. The van der Waals surface area contributed by atoms with Crippen molar-refractivity contribution >= 4 is 33.4 Å². The molecular weight excluding hydrogens is 382 g/mol. The lowest BCUT2D eigenvalue weighted by Crippen LogP contribution is -2.22. The minimum atomic E-state index is -0.425. The van der Waals surface area contributed by atoms with Gasteiger partial charge in [-0.1, -0.05) is 38.1 Å². The molecule has 0 aliphatic heterocycles. The Labute approximate surface area is 173 Å². The van der Waals surface area contributed by atoms with E-state index in [0.29, 0.717) is 11.3 Å². The van der Waals surface area contributed by atoms with E-state index in [1.807, 2.05) is 35.8 Å². The summed E-state index contributed by atoms with van der Waals surface area (Å²) in [5, 5.41) is 12.3. The van der Waals surface area contributed by atoms with Crippen LogP contribution in [0.4, 0.5) is 11.5 Å². The number of nitrogen functional groups attached to an aromatic ring is 1. The maximum absolute atomic E-state index is 11.4. The number of hydrogen-bond donors (Lipinski definition) is 1. The third-order valence-corrected chi connectivity index (χ3v) is 5.28. The van der Waals surface area contributed by atoms with Crippen molar-refractivity contribution < 1.29 is 9.66 Å². The molecule has 154 valence electrons. The molecule has 4 aromatic rings. The Morgan fingerprint density at radius 1 is 1.23 bits per heavy atom. The molecule has 0 aliphatic rings. The first-order valence-electron chi connectivity index (χ1n) is 9.75. The van der Waals surface area contributed by atoms with Crippen molar-refractivity contribution in [2.75, 3.05) is 12.3 Å². The molecule has 8 heteroatoms. The largest absolute Gasteiger partial charge is 0.485 e. The van der Waals surface area contributed by atoms with Crippen LogP contribution in [0.2, 0.25) is 0 Å². The molecule has 2 aromatic heterocycles. The number of aromatic nitrogens is 3. The van der Waals surface area contributed by atoms with Crippen LogP contribution in [0.25, 0.3) is 21.9 Å². The summed E-state index contributed by atoms with van der Waals surface area (Å²) in [5.41, 5.74) is 9.33. The van der Waals surface area contributed by atoms with Crippen LogP contribution in [-0.2, 0) is 0 Å². The van der Waals surface area contributed by atoms with Gasteiger partial charge in [0.05, 0.1) is 28.3 Å². The quantitative estimate of drug-likeness (QED) is 0.369. The molecule has 8 nitrogen and oxygen atoms in total. The Bertz CT molecular complexity index is 1250. The van der Waals surface area contributed by atoms with E-state index in [4.69, 9.17) is 10.5 Å². The highest BCUT2D eigenvalue weighted by Crippen LogP contribution is 2.33. The first kappa shape index (κ1) is 19.6. The first-order chi connectivity index (χ1) is 14.4. The number of para-hydroxylation sites is 1. The normalized spacial score (nSPS) is 12.5. The number of rotatable bonds is 6. The lowest BCUT2D eigenvalue weighted by molar-refractivity contribution is -0.385. The molecule has 1 atom stereocenters. The summed E-state index contributed by atoms with van der Waals surface area (Å²) < 4.78 is 8.02. The van der Waals surface area contributed by atoms with Crippen LogP contribution in [-0.4, -0.2) is 26.1 Å². The Morgan fingerprint density at radius 3 is 2.73 bits per heavy atom. The SMILES string of the molecule is Cc1ccc([N+](=O)[O-])c(OCC(C(C)C)n2cnc3c(N)nc4ccccc4c32)c1. The molecule has 0 aliphatic carbocycles. The van der Waals surface area contributed by atoms with Gasteiger partial charge in [-0.05, 0) is 30.5 Å². The van der Waals surface area contributed by atoms with Gasteiger partial charge in [0.25, 0.3) is 0 Å². The third-order valence-electron chi connectivity index (χ3n) is 5.28. The molecule has 2 N–H and O–H groups in total. The summed E-state index contributed by atoms with van der Waals surface area (Å²) in [5.74, 6) is 0.820. The van der Waals surface area contributed by atoms with E-state index >= 15 is 0 Å². The van der Waals surface area contributed by atoms with Gasteiger partial charge in [-0.3, -0.25) is 10.1 Å². The number of benzene rings is 2. The summed E-state index contributed by atoms with van der Waals surface area (Å²) in [6.45, 7) is 6.29. The minimum Gasteiger partial charge on any atom is -0.485 e. The van der Waals surface area contributed by atoms with Gasteiger partial charge < -0.3 is 15.0 Å². The molecule has 0 fully saturated rings. The fourth-order valence-electron chi connectivity index (χ4n) is 3.68. The molecule has 0 bridgehead atoms. The van der Waals surface area contributed by atoms with E-state index in [1.165, 1.54) is 6.07 Å². The van der Waals surface area contributed by atoms with Gasteiger partial charge in [0, 0.05) is 11.5 Å². The maximum atomic E-state index is 11.4. The highest BCUT2D eigenvalue weighted by Gasteiger charge is 2.23. The second-order valence-electron chi connectivity index (χ2n) is 7.71. The zero-order chi connectivity index (χ0) is 21.4. The number of nitrogens with two attached hydrogens (primary N) is 1. The molecule has 2 aromatic carbocycles. The summed E-state index contributed by atoms with van der Waals surface area (Å²) in [6.07, 6.45) is 1.74. The highest BCUT2D eigenvalue weighted by molar-refractivity contribution is 6.06. The van der Waals surface area contributed by atoms with Crippen molar-refractivity contribution in [3.05, 3.63) is 64.5 Å². The molecule has 1 unspecified atom stereocenters. The second-order valence-corrected chi connectivity index (χ2v) is 7.71. The molecule has 0 spiro atoms. The Kier molecular flexibility index (Phi) is 4.99. The standard InChI is InChI=1S/C22H23N5O3/c1-13(2)18(11-30-19-10-14(3)8-9-17(19)27(28)29)26-12-24-20-21(26)15-6-4-5-7-16(15)25-22(20)23/h4-10,12-13,18H,11H2,1-3H3,(H2,23,25). The van der Waals surface area contributed by atoms with Gasteiger partial charge in [0.2, 0.25) is 0 Å². The van der Waals surface area contributed by atoms with Crippen molar-refractivity contribution in [1.82, 2.24) is 14.5 Å². The number of nitro groups is 1. The number of hydrogen-bond acceptors (Lipinski definition) is 6. The zero-order valence-electron chi connectivity index (χ0n) is 17.1. The number of pyridine rings is 1. The Balaban J connectivity index is 1.77.